The van der Waals surface area contributed by atoms with Gasteiger partial charge in [0.15, 0.2) is 0 Å². The molecule has 20 heavy (non-hydrogen) atoms. The van der Waals surface area contributed by atoms with Gasteiger partial charge in [0.25, 0.3) is 0 Å². The van der Waals surface area contributed by atoms with Gasteiger partial charge in [0, 0.05) is 0 Å². The van der Waals surface area contributed by atoms with E-state index in [0.29, 0.717) is 19.4 Å². The third-order valence-corrected chi connectivity index (χ3v) is 3.39. The van der Waals surface area contributed by atoms with Crippen molar-refractivity contribution in [3.05, 3.63) is 0 Å². The van der Waals surface area contributed by atoms with E-state index < -0.39 is 23.9 Å². The molecule has 0 aliphatic carbocycles. The molecule has 0 aromatic carbocycles. The van der Waals surface area contributed by atoms with Crippen LogP contribution in [0.25, 0.3) is 0 Å². The summed E-state index contributed by atoms with van der Waals surface area (Å²) in [7, 11) is 0. The van der Waals surface area contributed by atoms with Crippen LogP contribution in [-0.2, 0) is 14.4 Å². The number of hydrogen-bond donors (Lipinski definition) is 3. The first-order valence-electron chi connectivity index (χ1n) is 6.93. The third-order valence-electron chi connectivity index (χ3n) is 3.39. The summed E-state index contributed by atoms with van der Waals surface area (Å²) in [5.41, 5.74) is 10.5. The van der Waals surface area contributed by atoms with Crippen molar-refractivity contribution in [2.24, 2.45) is 17.4 Å². The van der Waals surface area contributed by atoms with E-state index in [0.717, 1.165) is 6.42 Å². The summed E-state index contributed by atoms with van der Waals surface area (Å²) in [5.74, 6) is -1.00. The molecule has 5 N–H and O–H groups in total. The molecule has 0 aromatic rings. The lowest BCUT2D eigenvalue weighted by atomic mass is 10.0. The zero-order chi connectivity index (χ0) is 15.3. The van der Waals surface area contributed by atoms with E-state index in [1.165, 1.54) is 0 Å². The number of nitrogens with one attached hydrogen (secondary N) is 1. The van der Waals surface area contributed by atoms with E-state index in [4.69, 9.17) is 11.5 Å². The molecule has 1 aliphatic heterocycles. The van der Waals surface area contributed by atoms with Gasteiger partial charge in [0.1, 0.15) is 6.04 Å². The van der Waals surface area contributed by atoms with Crippen LogP contribution in [0.2, 0.25) is 0 Å². The predicted octanol–water partition coefficient (Wildman–Crippen LogP) is -1.05. The highest BCUT2D eigenvalue weighted by Gasteiger charge is 2.33. The van der Waals surface area contributed by atoms with Crippen LogP contribution in [0.5, 0.6) is 0 Å². The minimum Gasteiger partial charge on any atom is -0.369 e. The van der Waals surface area contributed by atoms with Crippen molar-refractivity contribution in [2.75, 3.05) is 13.1 Å². The summed E-state index contributed by atoms with van der Waals surface area (Å²) in [6.07, 6.45) is 1.99. The van der Waals surface area contributed by atoms with Crippen LogP contribution in [0.3, 0.4) is 0 Å². The minimum atomic E-state index is -0.668. The molecular formula is C13H24N4O3. The summed E-state index contributed by atoms with van der Waals surface area (Å²) in [6.45, 7) is 4.63. The van der Waals surface area contributed by atoms with Crippen molar-refractivity contribution >= 4 is 17.7 Å². The summed E-state index contributed by atoms with van der Waals surface area (Å²) >= 11 is 0. The Hall–Kier alpha value is -1.63. The number of likely N-dealkylation sites (tertiary alicyclic amines) is 1. The molecule has 1 rings (SSSR count). The molecule has 0 bridgehead atoms. The van der Waals surface area contributed by atoms with Gasteiger partial charge in [-0.3, -0.25) is 19.3 Å². The molecule has 114 valence electrons. The Labute approximate surface area is 119 Å². The molecule has 3 amide bonds. The molecule has 0 spiro atoms. The van der Waals surface area contributed by atoms with E-state index in [-0.39, 0.29) is 18.4 Å². The fraction of sp³-hybridized carbons (Fsp3) is 0.769. The standard InChI is InChI=1S/C13H24N4O3/c1-8(2)6-9(12(15)19)16-13(20)10-4-3-5-17(10)7-11(14)18/h8-10H,3-7H2,1-2H3,(H2,14,18)(H2,15,19)(H,16,20). The van der Waals surface area contributed by atoms with Crippen molar-refractivity contribution < 1.29 is 14.4 Å². The largest absolute Gasteiger partial charge is 0.369 e. The summed E-state index contributed by atoms with van der Waals surface area (Å²) in [5, 5.41) is 2.69. The minimum absolute atomic E-state index is 0.0590. The fourth-order valence-corrected chi connectivity index (χ4v) is 2.50. The SMILES string of the molecule is CC(C)CC(NC(=O)C1CCCN1CC(N)=O)C(N)=O. The van der Waals surface area contributed by atoms with E-state index in [2.05, 4.69) is 5.32 Å². The van der Waals surface area contributed by atoms with Gasteiger partial charge in [-0.1, -0.05) is 13.8 Å². The molecule has 2 unspecified atom stereocenters. The Kier molecular flexibility index (Phi) is 5.94. The smallest absolute Gasteiger partial charge is 0.240 e. The number of carbonyl (C=O) groups excluding carboxylic acids is 3. The first-order chi connectivity index (χ1) is 9.31. The van der Waals surface area contributed by atoms with Gasteiger partial charge in [-0.2, -0.15) is 0 Å². The number of nitrogens with zero attached hydrogens (tertiary/aromatic N) is 1. The lowest BCUT2D eigenvalue weighted by Gasteiger charge is -2.25. The second-order valence-electron chi connectivity index (χ2n) is 5.69. The van der Waals surface area contributed by atoms with E-state index in [1.807, 2.05) is 13.8 Å². The number of nitrogens with two attached hydrogens (primary N) is 2. The molecule has 2 atom stereocenters. The van der Waals surface area contributed by atoms with Crippen molar-refractivity contribution in [3.8, 4) is 0 Å². The average Bonchev–Trinajstić information content (AvgIpc) is 2.74. The number of carbonyl (C=O) groups is 3. The Bertz CT molecular complexity index is 384. The summed E-state index contributed by atoms with van der Waals surface area (Å²) < 4.78 is 0. The molecule has 1 saturated heterocycles. The lowest BCUT2D eigenvalue weighted by Crippen LogP contribution is -2.52. The Morgan fingerprint density at radius 3 is 2.45 bits per heavy atom. The Balaban J connectivity index is 2.63. The highest BCUT2D eigenvalue weighted by Crippen LogP contribution is 2.17. The van der Waals surface area contributed by atoms with Crippen LogP contribution < -0.4 is 16.8 Å². The average molecular weight is 284 g/mol. The van der Waals surface area contributed by atoms with Gasteiger partial charge in [-0.15, -0.1) is 0 Å². The third kappa shape index (κ3) is 4.80. The zero-order valence-electron chi connectivity index (χ0n) is 12.1. The molecule has 0 saturated carbocycles. The van der Waals surface area contributed by atoms with Crippen LogP contribution in [-0.4, -0.2) is 47.8 Å². The quantitative estimate of drug-likeness (QED) is 0.553. The van der Waals surface area contributed by atoms with Gasteiger partial charge < -0.3 is 16.8 Å². The van der Waals surface area contributed by atoms with Crippen LogP contribution in [0, 0.1) is 5.92 Å². The maximum Gasteiger partial charge on any atom is 0.240 e. The summed E-state index contributed by atoms with van der Waals surface area (Å²) in [4.78, 5) is 36.3. The molecular weight excluding hydrogens is 260 g/mol. The second kappa shape index (κ2) is 7.23. The zero-order valence-corrected chi connectivity index (χ0v) is 12.1. The number of amides is 3. The van der Waals surface area contributed by atoms with Crippen molar-refractivity contribution in [3.63, 3.8) is 0 Å². The van der Waals surface area contributed by atoms with Crippen molar-refractivity contribution in [1.82, 2.24) is 10.2 Å². The van der Waals surface area contributed by atoms with Crippen molar-refractivity contribution in [1.29, 1.82) is 0 Å². The maximum atomic E-state index is 12.2. The van der Waals surface area contributed by atoms with Crippen LogP contribution in [0.4, 0.5) is 0 Å². The van der Waals surface area contributed by atoms with Crippen molar-refractivity contribution in [2.45, 2.75) is 45.2 Å². The summed E-state index contributed by atoms with van der Waals surface area (Å²) in [6, 6.07) is -1.07. The van der Waals surface area contributed by atoms with E-state index in [1.54, 1.807) is 4.90 Å². The second-order valence-corrected chi connectivity index (χ2v) is 5.69. The molecule has 7 nitrogen and oxygen atoms in total. The predicted molar refractivity (Wildman–Crippen MR) is 74.4 cm³/mol. The van der Waals surface area contributed by atoms with Crippen LogP contribution >= 0.6 is 0 Å². The number of hydrogen-bond acceptors (Lipinski definition) is 4. The fourth-order valence-electron chi connectivity index (χ4n) is 2.50. The van der Waals surface area contributed by atoms with Gasteiger partial charge in [0.2, 0.25) is 17.7 Å². The molecule has 0 radical (unpaired) electrons. The molecule has 1 heterocycles. The number of primary amides is 2. The number of rotatable bonds is 7. The van der Waals surface area contributed by atoms with E-state index >= 15 is 0 Å². The monoisotopic (exact) mass is 284 g/mol. The molecule has 1 fully saturated rings. The first-order valence-corrected chi connectivity index (χ1v) is 6.93. The van der Waals surface area contributed by atoms with Gasteiger partial charge in [-0.05, 0) is 31.7 Å². The van der Waals surface area contributed by atoms with Gasteiger partial charge in [0.05, 0.1) is 12.6 Å². The molecule has 0 aromatic heterocycles. The highest BCUT2D eigenvalue weighted by atomic mass is 16.2. The van der Waals surface area contributed by atoms with E-state index in [9.17, 15) is 14.4 Å². The maximum absolute atomic E-state index is 12.2. The molecule has 7 heteroatoms. The Morgan fingerprint density at radius 1 is 1.30 bits per heavy atom. The topological polar surface area (TPSA) is 119 Å². The first kappa shape index (κ1) is 16.4. The highest BCUT2D eigenvalue weighted by molar-refractivity contribution is 5.89. The molecule has 1 aliphatic rings. The van der Waals surface area contributed by atoms with Gasteiger partial charge in [-0.25, -0.2) is 0 Å². The normalized spacial score (nSPS) is 20.9. The Morgan fingerprint density at radius 2 is 1.95 bits per heavy atom. The van der Waals surface area contributed by atoms with Gasteiger partial charge >= 0.3 is 0 Å². The van der Waals surface area contributed by atoms with Crippen LogP contribution in [0.1, 0.15) is 33.1 Å². The lowest BCUT2D eigenvalue weighted by molar-refractivity contribution is -0.131. The van der Waals surface area contributed by atoms with Crippen LogP contribution in [0.15, 0.2) is 0 Å².